The van der Waals surface area contributed by atoms with E-state index in [0.717, 1.165) is 28.1 Å². The highest BCUT2D eigenvalue weighted by Gasteiger charge is 2.40. The van der Waals surface area contributed by atoms with Gasteiger partial charge in [0.1, 0.15) is 11.4 Å². The van der Waals surface area contributed by atoms with Crippen molar-refractivity contribution in [3.05, 3.63) is 94.7 Å². The summed E-state index contributed by atoms with van der Waals surface area (Å²) in [5.41, 5.74) is 5.84. The maximum atomic E-state index is 13.6. The molecule has 2 amide bonds. The van der Waals surface area contributed by atoms with E-state index >= 15 is 0 Å². The van der Waals surface area contributed by atoms with Crippen molar-refractivity contribution in [2.24, 2.45) is 5.92 Å². The summed E-state index contributed by atoms with van der Waals surface area (Å²) in [6.07, 6.45) is 0. The van der Waals surface area contributed by atoms with Crippen LogP contribution in [0.3, 0.4) is 0 Å². The molecule has 174 valence electrons. The van der Waals surface area contributed by atoms with Gasteiger partial charge in [0.25, 0.3) is 11.8 Å². The third kappa shape index (κ3) is 4.74. The van der Waals surface area contributed by atoms with Gasteiger partial charge in [0.05, 0.1) is 17.9 Å². The van der Waals surface area contributed by atoms with Crippen molar-refractivity contribution in [2.45, 2.75) is 34.6 Å². The Bertz CT molecular complexity index is 1270. The van der Waals surface area contributed by atoms with Crippen molar-refractivity contribution in [1.29, 1.82) is 0 Å². The molecule has 3 aromatic carbocycles. The van der Waals surface area contributed by atoms with Crippen LogP contribution in [0, 0.1) is 26.7 Å². The summed E-state index contributed by atoms with van der Waals surface area (Å²) in [7, 11) is 0. The van der Waals surface area contributed by atoms with Gasteiger partial charge in [0, 0.05) is 5.69 Å². The lowest BCUT2D eigenvalue weighted by molar-refractivity contribution is -0.120. The molecule has 1 heterocycles. The molecule has 0 atom stereocenters. The predicted molar refractivity (Wildman–Crippen MR) is 137 cm³/mol. The van der Waals surface area contributed by atoms with E-state index in [-0.39, 0.29) is 17.5 Å². The first kappa shape index (κ1) is 23.3. The van der Waals surface area contributed by atoms with Crippen LogP contribution in [0.5, 0.6) is 5.75 Å². The zero-order chi connectivity index (χ0) is 24.4. The maximum absolute atomic E-state index is 13.6. The number of benzene rings is 3. The van der Waals surface area contributed by atoms with Crippen LogP contribution in [-0.2, 0) is 9.59 Å². The molecule has 4 rings (SSSR count). The summed E-state index contributed by atoms with van der Waals surface area (Å²) in [6, 6.07) is 20.6. The van der Waals surface area contributed by atoms with E-state index < -0.39 is 0 Å². The molecule has 5 heteroatoms. The molecular formula is C29H30N2O3. The van der Waals surface area contributed by atoms with Gasteiger partial charge in [-0.2, -0.15) is 0 Å². The monoisotopic (exact) mass is 454 g/mol. The molecular weight excluding hydrogens is 424 g/mol. The van der Waals surface area contributed by atoms with Crippen LogP contribution >= 0.6 is 0 Å². The fourth-order valence-electron chi connectivity index (χ4n) is 3.86. The number of imide groups is 1. The minimum atomic E-state index is -0.371. The second-order valence-electron chi connectivity index (χ2n) is 9.19. The summed E-state index contributed by atoms with van der Waals surface area (Å²) in [6.45, 7) is 10.8. The number of aryl methyl sites for hydroxylation is 3. The van der Waals surface area contributed by atoms with E-state index in [1.807, 2.05) is 81.4 Å². The normalized spacial score (nSPS) is 13.8. The van der Waals surface area contributed by atoms with Gasteiger partial charge in [-0.25, -0.2) is 4.90 Å². The lowest BCUT2D eigenvalue weighted by Gasteiger charge is -2.16. The molecule has 0 fully saturated rings. The lowest BCUT2D eigenvalue weighted by Crippen LogP contribution is -2.32. The molecule has 0 aliphatic carbocycles. The fourth-order valence-corrected chi connectivity index (χ4v) is 3.86. The molecule has 0 unspecified atom stereocenters. The largest absolute Gasteiger partial charge is 0.493 e. The minimum absolute atomic E-state index is 0.269. The van der Waals surface area contributed by atoms with Crippen molar-refractivity contribution in [3.8, 4) is 5.75 Å². The Morgan fingerprint density at radius 3 is 2.24 bits per heavy atom. The lowest BCUT2D eigenvalue weighted by atomic mass is 10.0. The van der Waals surface area contributed by atoms with Gasteiger partial charge in [-0.3, -0.25) is 9.59 Å². The van der Waals surface area contributed by atoms with Gasteiger partial charge in [-0.1, -0.05) is 44.2 Å². The van der Waals surface area contributed by atoms with Crippen molar-refractivity contribution in [3.63, 3.8) is 0 Å². The van der Waals surface area contributed by atoms with E-state index in [1.54, 1.807) is 6.07 Å². The Kier molecular flexibility index (Phi) is 6.55. The Morgan fingerprint density at radius 1 is 0.853 bits per heavy atom. The average molecular weight is 455 g/mol. The van der Waals surface area contributed by atoms with Gasteiger partial charge in [0.2, 0.25) is 0 Å². The summed E-state index contributed by atoms with van der Waals surface area (Å²) in [5, 5.41) is 3.24. The number of nitrogens with zero attached hydrogens (tertiary/aromatic N) is 1. The smallest absolute Gasteiger partial charge is 0.282 e. The number of hydrogen-bond donors (Lipinski definition) is 1. The molecule has 0 radical (unpaired) electrons. The van der Waals surface area contributed by atoms with Crippen molar-refractivity contribution in [2.75, 3.05) is 16.8 Å². The highest BCUT2D eigenvalue weighted by atomic mass is 16.5. The Balaban J connectivity index is 1.75. The van der Waals surface area contributed by atoms with E-state index in [9.17, 15) is 9.59 Å². The number of carbonyl (C=O) groups excluding carboxylic acids is 2. The standard InChI is InChI=1S/C29H30N2O3/c1-18(2)17-34-25-13-10-22(11-14-25)26-27(30-23-12-9-20(4)21(5)16-23)29(33)31(28(26)32)24-8-6-7-19(3)15-24/h6-16,18,30H,17H2,1-5H3. The van der Waals surface area contributed by atoms with Crippen molar-refractivity contribution in [1.82, 2.24) is 0 Å². The fraction of sp³-hybridized carbons (Fsp3) is 0.241. The van der Waals surface area contributed by atoms with Crippen LogP contribution in [0.15, 0.2) is 72.4 Å². The number of carbonyl (C=O) groups is 2. The first-order valence-corrected chi connectivity index (χ1v) is 11.5. The molecule has 0 spiro atoms. The second-order valence-corrected chi connectivity index (χ2v) is 9.19. The second kappa shape index (κ2) is 9.56. The molecule has 3 aromatic rings. The molecule has 0 bridgehead atoms. The molecule has 1 aliphatic rings. The van der Waals surface area contributed by atoms with Gasteiger partial charge in [-0.05, 0) is 85.3 Å². The van der Waals surface area contributed by atoms with Crippen LogP contribution in [0.1, 0.15) is 36.1 Å². The Morgan fingerprint density at radius 2 is 1.59 bits per heavy atom. The SMILES string of the molecule is Cc1cccc(N2C(=O)C(Nc3ccc(C)c(C)c3)=C(c3ccc(OCC(C)C)cc3)C2=O)c1. The van der Waals surface area contributed by atoms with Gasteiger partial charge in [0.15, 0.2) is 0 Å². The van der Waals surface area contributed by atoms with E-state index in [2.05, 4.69) is 19.2 Å². The number of rotatable bonds is 7. The van der Waals surface area contributed by atoms with Crippen LogP contribution in [0.25, 0.3) is 5.57 Å². The topological polar surface area (TPSA) is 58.6 Å². The van der Waals surface area contributed by atoms with Crippen molar-refractivity contribution < 1.29 is 14.3 Å². The number of hydrogen-bond acceptors (Lipinski definition) is 4. The average Bonchev–Trinajstić information content (AvgIpc) is 3.04. The first-order valence-electron chi connectivity index (χ1n) is 11.5. The molecule has 34 heavy (non-hydrogen) atoms. The summed E-state index contributed by atoms with van der Waals surface area (Å²) in [5.74, 6) is 0.420. The van der Waals surface area contributed by atoms with Crippen molar-refractivity contribution >= 4 is 28.8 Å². The maximum Gasteiger partial charge on any atom is 0.282 e. The summed E-state index contributed by atoms with van der Waals surface area (Å²) >= 11 is 0. The molecule has 0 aromatic heterocycles. The number of nitrogens with one attached hydrogen (secondary N) is 1. The molecule has 1 N–H and O–H groups in total. The first-order chi connectivity index (χ1) is 16.2. The van der Waals surface area contributed by atoms with Crippen LogP contribution < -0.4 is 15.0 Å². The zero-order valence-electron chi connectivity index (χ0n) is 20.3. The third-order valence-corrected chi connectivity index (χ3v) is 5.85. The molecule has 0 saturated carbocycles. The third-order valence-electron chi connectivity index (χ3n) is 5.85. The molecule has 5 nitrogen and oxygen atoms in total. The number of anilines is 2. The number of amides is 2. The molecule has 0 saturated heterocycles. The van der Waals surface area contributed by atoms with E-state index in [1.165, 1.54) is 4.90 Å². The highest BCUT2D eigenvalue weighted by Crippen LogP contribution is 2.35. The summed E-state index contributed by atoms with van der Waals surface area (Å²) in [4.78, 5) is 28.4. The quantitative estimate of drug-likeness (QED) is 0.442. The van der Waals surface area contributed by atoms with Crippen LogP contribution in [0.4, 0.5) is 11.4 Å². The van der Waals surface area contributed by atoms with E-state index in [0.29, 0.717) is 29.3 Å². The van der Waals surface area contributed by atoms with Gasteiger partial charge >= 0.3 is 0 Å². The van der Waals surface area contributed by atoms with Crippen LogP contribution in [-0.4, -0.2) is 18.4 Å². The molecule has 1 aliphatic heterocycles. The van der Waals surface area contributed by atoms with E-state index in [4.69, 9.17) is 4.74 Å². The number of ether oxygens (including phenoxy) is 1. The highest BCUT2D eigenvalue weighted by molar-refractivity contribution is 6.46. The van der Waals surface area contributed by atoms with Crippen LogP contribution in [0.2, 0.25) is 0 Å². The zero-order valence-corrected chi connectivity index (χ0v) is 20.3. The minimum Gasteiger partial charge on any atom is -0.493 e. The Hall–Kier alpha value is -3.86. The van der Waals surface area contributed by atoms with Gasteiger partial charge < -0.3 is 10.1 Å². The van der Waals surface area contributed by atoms with Gasteiger partial charge in [-0.15, -0.1) is 0 Å². The summed E-state index contributed by atoms with van der Waals surface area (Å²) < 4.78 is 5.79. The Labute approximate surface area is 201 Å². The predicted octanol–water partition coefficient (Wildman–Crippen LogP) is 6.04.